The molecule has 26 heavy (non-hydrogen) atoms. The van der Waals surface area contributed by atoms with Crippen LogP contribution >= 0.6 is 51.1 Å². The van der Waals surface area contributed by atoms with Gasteiger partial charge in [0.05, 0.1) is 17.2 Å². The summed E-state index contributed by atoms with van der Waals surface area (Å²) in [7, 11) is 0. The SMILES string of the molecule is CCOC(=O)c1c(NC(=S)Nc2ccc(Br)c(Cl)c2)sc2c1CCCC2. The van der Waals surface area contributed by atoms with Crippen LogP contribution in [0.2, 0.25) is 5.02 Å². The zero-order valence-corrected chi connectivity index (χ0v) is 18.1. The fourth-order valence-corrected chi connectivity index (χ4v) is 4.91. The molecular weight excluding hydrogens is 456 g/mol. The monoisotopic (exact) mass is 472 g/mol. The molecule has 1 aliphatic carbocycles. The third-order valence-electron chi connectivity index (χ3n) is 4.06. The number of aryl methyl sites for hydroxylation is 1. The van der Waals surface area contributed by atoms with Crippen LogP contribution in [0.3, 0.4) is 0 Å². The minimum Gasteiger partial charge on any atom is -0.462 e. The average Bonchev–Trinajstić information content (AvgIpc) is 2.96. The Morgan fingerprint density at radius 3 is 2.85 bits per heavy atom. The van der Waals surface area contributed by atoms with Crippen LogP contribution < -0.4 is 10.6 Å². The number of hydrogen-bond donors (Lipinski definition) is 2. The summed E-state index contributed by atoms with van der Waals surface area (Å²) in [6.45, 7) is 2.16. The molecule has 0 radical (unpaired) electrons. The van der Waals surface area contributed by atoms with E-state index in [1.165, 1.54) is 4.88 Å². The van der Waals surface area contributed by atoms with E-state index < -0.39 is 0 Å². The number of carbonyl (C=O) groups is 1. The van der Waals surface area contributed by atoms with E-state index in [0.29, 0.717) is 22.3 Å². The van der Waals surface area contributed by atoms with Crippen LogP contribution in [0.25, 0.3) is 0 Å². The topological polar surface area (TPSA) is 50.4 Å². The van der Waals surface area contributed by atoms with Crippen LogP contribution in [0.4, 0.5) is 10.7 Å². The molecule has 0 spiro atoms. The fraction of sp³-hybridized carbons (Fsp3) is 0.333. The number of ether oxygens (including phenoxy) is 1. The minimum atomic E-state index is -0.288. The van der Waals surface area contributed by atoms with Crippen LogP contribution in [0.1, 0.15) is 40.6 Å². The predicted octanol–water partition coefficient (Wildman–Crippen LogP) is 6.03. The number of hydrogen-bond acceptors (Lipinski definition) is 4. The standard InChI is InChI=1S/C18H18BrClN2O2S2/c1-2-24-17(23)15-11-5-3-4-6-14(11)26-16(15)22-18(25)21-10-7-8-12(19)13(20)9-10/h7-9H,2-6H2,1H3,(H2,21,22,25). The van der Waals surface area contributed by atoms with Gasteiger partial charge in [-0.15, -0.1) is 11.3 Å². The van der Waals surface area contributed by atoms with Crippen molar-refractivity contribution in [2.75, 3.05) is 17.2 Å². The lowest BCUT2D eigenvalue weighted by molar-refractivity contribution is 0.0526. The lowest BCUT2D eigenvalue weighted by Gasteiger charge is -2.13. The number of nitrogens with one attached hydrogen (secondary N) is 2. The first-order valence-corrected chi connectivity index (χ1v) is 10.7. The number of carbonyl (C=O) groups excluding carboxylic acids is 1. The number of benzene rings is 1. The van der Waals surface area contributed by atoms with Gasteiger partial charge in [-0.25, -0.2) is 4.79 Å². The zero-order valence-electron chi connectivity index (χ0n) is 14.2. The molecule has 0 saturated heterocycles. The van der Waals surface area contributed by atoms with E-state index >= 15 is 0 Å². The summed E-state index contributed by atoms with van der Waals surface area (Å²) in [5, 5.41) is 8.03. The van der Waals surface area contributed by atoms with E-state index in [-0.39, 0.29) is 5.97 Å². The molecule has 2 N–H and O–H groups in total. The van der Waals surface area contributed by atoms with Gasteiger partial charge in [0, 0.05) is 15.0 Å². The van der Waals surface area contributed by atoms with Crippen molar-refractivity contribution in [3.63, 3.8) is 0 Å². The van der Waals surface area contributed by atoms with E-state index in [9.17, 15) is 4.79 Å². The van der Waals surface area contributed by atoms with Crippen molar-refractivity contribution in [1.29, 1.82) is 0 Å². The highest BCUT2D eigenvalue weighted by Gasteiger charge is 2.26. The van der Waals surface area contributed by atoms with Gasteiger partial charge < -0.3 is 15.4 Å². The Hall–Kier alpha value is -1.15. The Kier molecular flexibility index (Phi) is 6.55. The zero-order chi connectivity index (χ0) is 18.7. The summed E-state index contributed by atoms with van der Waals surface area (Å²) in [6.07, 6.45) is 4.14. The second-order valence-electron chi connectivity index (χ2n) is 5.84. The minimum absolute atomic E-state index is 0.288. The predicted molar refractivity (Wildman–Crippen MR) is 116 cm³/mol. The normalized spacial score (nSPS) is 13.0. The lowest BCUT2D eigenvalue weighted by atomic mass is 9.95. The Bertz CT molecular complexity index is 854. The van der Waals surface area contributed by atoms with Crippen LogP contribution in [-0.4, -0.2) is 17.7 Å². The third-order valence-corrected chi connectivity index (χ3v) is 6.70. The number of halogens is 2. The van der Waals surface area contributed by atoms with Crippen LogP contribution in [0, 0.1) is 0 Å². The summed E-state index contributed by atoms with van der Waals surface area (Å²) < 4.78 is 6.08. The molecular formula is C18H18BrClN2O2S2. The number of anilines is 2. The Morgan fingerprint density at radius 2 is 2.12 bits per heavy atom. The Morgan fingerprint density at radius 1 is 1.35 bits per heavy atom. The lowest BCUT2D eigenvalue weighted by Crippen LogP contribution is -2.20. The summed E-state index contributed by atoms with van der Waals surface area (Å²) in [5.74, 6) is -0.288. The summed E-state index contributed by atoms with van der Waals surface area (Å²) >= 11 is 16.5. The van der Waals surface area contributed by atoms with Gasteiger partial charge >= 0.3 is 5.97 Å². The van der Waals surface area contributed by atoms with E-state index in [0.717, 1.165) is 46.4 Å². The van der Waals surface area contributed by atoms with Crippen molar-refractivity contribution in [2.45, 2.75) is 32.6 Å². The quantitative estimate of drug-likeness (QED) is 0.419. The van der Waals surface area contributed by atoms with Gasteiger partial charge in [0.1, 0.15) is 5.00 Å². The molecule has 1 heterocycles. The summed E-state index contributed by atoms with van der Waals surface area (Å²) in [5.41, 5.74) is 2.51. The highest BCUT2D eigenvalue weighted by molar-refractivity contribution is 9.10. The molecule has 0 atom stereocenters. The maximum Gasteiger partial charge on any atom is 0.341 e. The second kappa shape index (κ2) is 8.69. The molecule has 0 unspecified atom stereocenters. The van der Waals surface area contributed by atoms with Crippen molar-refractivity contribution in [2.24, 2.45) is 0 Å². The van der Waals surface area contributed by atoms with Crippen molar-refractivity contribution in [3.05, 3.63) is 43.7 Å². The first-order valence-electron chi connectivity index (χ1n) is 8.34. The number of fused-ring (bicyclic) bond motifs is 1. The molecule has 1 aromatic heterocycles. The average molecular weight is 474 g/mol. The number of thiophene rings is 1. The molecule has 138 valence electrons. The van der Waals surface area contributed by atoms with Gasteiger partial charge in [-0.3, -0.25) is 0 Å². The summed E-state index contributed by atoms with van der Waals surface area (Å²) in [4.78, 5) is 13.7. The maximum absolute atomic E-state index is 12.5. The van der Waals surface area contributed by atoms with Crippen molar-refractivity contribution in [3.8, 4) is 0 Å². The van der Waals surface area contributed by atoms with E-state index in [1.54, 1.807) is 17.4 Å². The number of esters is 1. The molecule has 0 bridgehead atoms. The van der Waals surface area contributed by atoms with Gasteiger partial charge in [-0.1, -0.05) is 11.6 Å². The molecule has 2 aromatic rings. The maximum atomic E-state index is 12.5. The van der Waals surface area contributed by atoms with Gasteiger partial charge in [0.15, 0.2) is 5.11 Å². The Labute approximate surface area is 175 Å². The van der Waals surface area contributed by atoms with Gasteiger partial charge in [-0.05, 0) is 84.5 Å². The highest BCUT2D eigenvalue weighted by Crippen LogP contribution is 2.38. The summed E-state index contributed by atoms with van der Waals surface area (Å²) in [6, 6.07) is 5.50. The Balaban J connectivity index is 1.81. The second-order valence-corrected chi connectivity index (χ2v) is 8.62. The molecule has 0 amide bonds. The van der Waals surface area contributed by atoms with Crippen LogP contribution in [-0.2, 0) is 17.6 Å². The first-order chi connectivity index (χ1) is 12.5. The van der Waals surface area contributed by atoms with Crippen molar-refractivity contribution < 1.29 is 9.53 Å². The van der Waals surface area contributed by atoms with Crippen LogP contribution in [0.15, 0.2) is 22.7 Å². The van der Waals surface area contributed by atoms with E-state index in [2.05, 4.69) is 26.6 Å². The first kappa shape index (κ1) is 19.6. The van der Waals surface area contributed by atoms with E-state index in [1.807, 2.05) is 19.1 Å². The molecule has 1 aliphatic rings. The van der Waals surface area contributed by atoms with Gasteiger partial charge in [0.2, 0.25) is 0 Å². The molecule has 3 rings (SSSR count). The van der Waals surface area contributed by atoms with Gasteiger partial charge in [0.25, 0.3) is 0 Å². The van der Waals surface area contributed by atoms with E-state index in [4.69, 9.17) is 28.6 Å². The molecule has 0 saturated carbocycles. The van der Waals surface area contributed by atoms with Crippen LogP contribution in [0.5, 0.6) is 0 Å². The highest BCUT2D eigenvalue weighted by atomic mass is 79.9. The number of thiocarbonyl (C=S) groups is 1. The molecule has 0 aliphatic heterocycles. The largest absolute Gasteiger partial charge is 0.462 e. The van der Waals surface area contributed by atoms with Crippen molar-refractivity contribution >= 4 is 72.9 Å². The molecule has 1 aromatic carbocycles. The number of rotatable bonds is 4. The molecule has 0 fully saturated rings. The molecule has 8 heteroatoms. The molecule has 4 nitrogen and oxygen atoms in total. The third kappa shape index (κ3) is 4.39. The van der Waals surface area contributed by atoms with Crippen molar-refractivity contribution in [1.82, 2.24) is 0 Å². The fourth-order valence-electron chi connectivity index (χ4n) is 2.91. The van der Waals surface area contributed by atoms with Gasteiger partial charge in [-0.2, -0.15) is 0 Å². The smallest absolute Gasteiger partial charge is 0.341 e.